The van der Waals surface area contributed by atoms with Gasteiger partial charge in [-0.3, -0.25) is 4.79 Å². The van der Waals surface area contributed by atoms with E-state index in [1.54, 1.807) is 54.6 Å². The molecule has 0 aliphatic carbocycles. The molecule has 0 radical (unpaired) electrons. The minimum absolute atomic E-state index is 0.342. The summed E-state index contributed by atoms with van der Waals surface area (Å²) in [5, 5.41) is 0. The van der Waals surface area contributed by atoms with Crippen molar-refractivity contribution in [1.82, 2.24) is 0 Å². The summed E-state index contributed by atoms with van der Waals surface area (Å²) in [6.07, 6.45) is 3.59. The maximum absolute atomic E-state index is 12.2. The lowest BCUT2D eigenvalue weighted by molar-refractivity contribution is -0.104. The lowest BCUT2D eigenvalue weighted by atomic mass is 10.1. The number of aldehydes is 1. The number of carbonyl (C=O) groups excluding carboxylic acids is 2. The predicted molar refractivity (Wildman–Crippen MR) is 79.5 cm³/mol. The number of para-hydroxylation sites is 2. The van der Waals surface area contributed by atoms with Crippen molar-refractivity contribution in [3.05, 3.63) is 65.7 Å². The summed E-state index contributed by atoms with van der Waals surface area (Å²) >= 11 is 0. The lowest BCUT2D eigenvalue weighted by Gasteiger charge is -2.09. The van der Waals surface area contributed by atoms with E-state index >= 15 is 0 Å². The summed E-state index contributed by atoms with van der Waals surface area (Å²) in [4.78, 5) is 22.6. The van der Waals surface area contributed by atoms with Crippen molar-refractivity contribution in [1.29, 1.82) is 0 Å². The van der Waals surface area contributed by atoms with Gasteiger partial charge in [-0.1, -0.05) is 30.3 Å². The van der Waals surface area contributed by atoms with Gasteiger partial charge >= 0.3 is 5.97 Å². The number of ether oxygens (including phenoxy) is 2. The summed E-state index contributed by atoms with van der Waals surface area (Å²) in [6.45, 7) is 0. The Morgan fingerprint density at radius 3 is 2.38 bits per heavy atom. The number of carbonyl (C=O) groups is 2. The van der Waals surface area contributed by atoms with Crippen LogP contribution in [0.25, 0.3) is 6.08 Å². The Kier molecular flexibility index (Phi) is 4.88. The summed E-state index contributed by atoms with van der Waals surface area (Å²) in [5.74, 6) is 0.314. The van der Waals surface area contributed by atoms with E-state index in [1.807, 2.05) is 0 Å². The first-order valence-corrected chi connectivity index (χ1v) is 6.32. The molecule has 0 amide bonds. The van der Waals surface area contributed by atoms with Crippen LogP contribution in [0, 0.1) is 0 Å². The first kappa shape index (κ1) is 14.5. The first-order chi connectivity index (χ1) is 10.3. The Balaban J connectivity index is 2.28. The molecule has 0 saturated carbocycles. The maximum Gasteiger partial charge on any atom is 0.347 e. The molecule has 0 atom stereocenters. The van der Waals surface area contributed by atoms with Crippen molar-refractivity contribution >= 4 is 18.3 Å². The van der Waals surface area contributed by atoms with Crippen molar-refractivity contribution in [2.24, 2.45) is 0 Å². The Bertz CT molecular complexity index is 674. The lowest BCUT2D eigenvalue weighted by Crippen LogP contribution is -2.10. The number of benzene rings is 2. The van der Waals surface area contributed by atoms with Gasteiger partial charge in [0, 0.05) is 5.56 Å². The summed E-state index contributed by atoms with van der Waals surface area (Å²) in [7, 11) is 1.49. The van der Waals surface area contributed by atoms with Gasteiger partial charge in [-0.05, 0) is 30.4 Å². The second-order valence-corrected chi connectivity index (χ2v) is 4.12. The van der Waals surface area contributed by atoms with Crippen molar-refractivity contribution in [2.45, 2.75) is 0 Å². The third-order valence-electron chi connectivity index (χ3n) is 2.80. The first-order valence-electron chi connectivity index (χ1n) is 6.32. The maximum atomic E-state index is 12.2. The quantitative estimate of drug-likeness (QED) is 0.366. The molecule has 106 valence electrons. The fourth-order valence-corrected chi connectivity index (χ4v) is 1.82. The predicted octanol–water partition coefficient (Wildman–Crippen LogP) is 3.13. The molecular weight excluding hydrogens is 268 g/mol. The minimum atomic E-state index is -0.514. The van der Waals surface area contributed by atoms with E-state index in [0.717, 1.165) is 0 Å². The number of methoxy groups -OCH3 is 1. The van der Waals surface area contributed by atoms with E-state index in [0.29, 0.717) is 28.9 Å². The molecule has 0 aliphatic rings. The van der Waals surface area contributed by atoms with E-state index < -0.39 is 5.97 Å². The Labute approximate surface area is 122 Å². The molecule has 21 heavy (non-hydrogen) atoms. The van der Waals surface area contributed by atoms with Gasteiger partial charge in [0.25, 0.3) is 0 Å². The van der Waals surface area contributed by atoms with Crippen LogP contribution in [-0.4, -0.2) is 19.4 Å². The Morgan fingerprint density at radius 2 is 1.67 bits per heavy atom. The number of hydrogen-bond acceptors (Lipinski definition) is 4. The largest absolute Gasteiger partial charge is 0.496 e. The van der Waals surface area contributed by atoms with E-state index in [1.165, 1.54) is 13.2 Å². The molecule has 0 aliphatic heterocycles. The normalized spacial score (nSPS) is 10.3. The van der Waals surface area contributed by atoms with Crippen LogP contribution < -0.4 is 9.47 Å². The van der Waals surface area contributed by atoms with E-state index in [-0.39, 0.29) is 0 Å². The highest BCUT2D eigenvalue weighted by molar-refractivity contribution is 5.94. The van der Waals surface area contributed by atoms with E-state index in [4.69, 9.17) is 9.47 Å². The highest BCUT2D eigenvalue weighted by Gasteiger charge is 2.14. The summed E-state index contributed by atoms with van der Waals surface area (Å²) < 4.78 is 10.5. The van der Waals surface area contributed by atoms with E-state index in [2.05, 4.69) is 0 Å². The molecule has 0 spiro atoms. The van der Waals surface area contributed by atoms with Crippen LogP contribution in [-0.2, 0) is 4.79 Å². The van der Waals surface area contributed by atoms with Crippen LogP contribution in [0.5, 0.6) is 11.5 Å². The smallest absolute Gasteiger partial charge is 0.347 e. The van der Waals surface area contributed by atoms with Gasteiger partial charge in [0.1, 0.15) is 23.3 Å². The molecule has 0 fully saturated rings. The second kappa shape index (κ2) is 7.05. The molecule has 0 aromatic heterocycles. The molecule has 0 saturated heterocycles. The zero-order chi connectivity index (χ0) is 15.1. The second-order valence-electron chi connectivity index (χ2n) is 4.12. The number of esters is 1. The van der Waals surface area contributed by atoms with Gasteiger partial charge in [0.05, 0.1) is 7.11 Å². The highest BCUT2D eigenvalue weighted by Crippen LogP contribution is 2.23. The molecule has 2 rings (SSSR count). The van der Waals surface area contributed by atoms with Crippen LogP contribution in [0.1, 0.15) is 15.9 Å². The molecule has 4 heteroatoms. The van der Waals surface area contributed by atoms with Crippen LogP contribution >= 0.6 is 0 Å². The van der Waals surface area contributed by atoms with Gasteiger partial charge in [-0.25, -0.2) is 4.79 Å². The molecule has 0 heterocycles. The minimum Gasteiger partial charge on any atom is -0.496 e. The number of rotatable bonds is 5. The van der Waals surface area contributed by atoms with Crippen molar-refractivity contribution < 1.29 is 19.1 Å². The van der Waals surface area contributed by atoms with Crippen LogP contribution in [0.4, 0.5) is 0 Å². The standard InChI is InChI=1S/C17H14O4/c1-20-16-11-5-3-9-14(16)17(19)21-15-10-4-2-7-13(15)8-6-12-18/h2-12H,1H3/b8-6+. The third kappa shape index (κ3) is 3.57. The number of hydrogen-bond donors (Lipinski definition) is 0. The van der Waals surface area contributed by atoms with Gasteiger partial charge < -0.3 is 9.47 Å². The Hall–Kier alpha value is -2.88. The van der Waals surface area contributed by atoms with Crippen LogP contribution in [0.15, 0.2) is 54.6 Å². The summed E-state index contributed by atoms with van der Waals surface area (Å²) in [5.41, 5.74) is 0.988. The average Bonchev–Trinajstić information content (AvgIpc) is 2.54. The summed E-state index contributed by atoms with van der Waals surface area (Å²) in [6, 6.07) is 13.8. The molecule has 0 N–H and O–H groups in total. The number of allylic oxidation sites excluding steroid dienone is 1. The van der Waals surface area contributed by atoms with Crippen molar-refractivity contribution in [3.8, 4) is 11.5 Å². The van der Waals surface area contributed by atoms with Crippen LogP contribution in [0.3, 0.4) is 0 Å². The monoisotopic (exact) mass is 282 g/mol. The molecule has 2 aromatic rings. The molecule has 2 aromatic carbocycles. The SMILES string of the molecule is COc1ccccc1C(=O)Oc1ccccc1/C=C/C=O. The fraction of sp³-hybridized carbons (Fsp3) is 0.0588. The third-order valence-corrected chi connectivity index (χ3v) is 2.80. The van der Waals surface area contributed by atoms with Crippen molar-refractivity contribution in [3.63, 3.8) is 0 Å². The average molecular weight is 282 g/mol. The van der Waals surface area contributed by atoms with Gasteiger partial charge in [0.2, 0.25) is 0 Å². The van der Waals surface area contributed by atoms with Gasteiger partial charge in [-0.15, -0.1) is 0 Å². The van der Waals surface area contributed by atoms with Crippen LogP contribution in [0.2, 0.25) is 0 Å². The fourth-order valence-electron chi connectivity index (χ4n) is 1.82. The Morgan fingerprint density at radius 1 is 1.00 bits per heavy atom. The van der Waals surface area contributed by atoms with E-state index in [9.17, 15) is 9.59 Å². The van der Waals surface area contributed by atoms with Gasteiger partial charge in [0.15, 0.2) is 0 Å². The molecule has 4 nitrogen and oxygen atoms in total. The zero-order valence-corrected chi connectivity index (χ0v) is 11.5. The van der Waals surface area contributed by atoms with Gasteiger partial charge in [-0.2, -0.15) is 0 Å². The topological polar surface area (TPSA) is 52.6 Å². The molecule has 0 unspecified atom stereocenters. The highest BCUT2D eigenvalue weighted by atomic mass is 16.5. The zero-order valence-electron chi connectivity index (χ0n) is 11.5. The van der Waals surface area contributed by atoms with Crippen molar-refractivity contribution in [2.75, 3.05) is 7.11 Å². The molecule has 0 bridgehead atoms. The molecular formula is C17H14O4.